The molecule has 0 aromatic rings. The Kier molecular flexibility index (Phi) is 2.46. The summed E-state index contributed by atoms with van der Waals surface area (Å²) in [5, 5.41) is 20.0. The van der Waals surface area contributed by atoms with Gasteiger partial charge < -0.3 is 10.3 Å². The smallest absolute Gasteiger partial charge is 0.306 e. The summed E-state index contributed by atoms with van der Waals surface area (Å²) < 4.78 is 0. The first-order valence-electron chi connectivity index (χ1n) is 3.66. The van der Waals surface area contributed by atoms with Crippen LogP contribution in [0.3, 0.4) is 0 Å². The molecule has 4 nitrogen and oxygen atoms in total. The van der Waals surface area contributed by atoms with Gasteiger partial charge in [-0.1, -0.05) is 5.16 Å². The predicted octanol–water partition coefficient (Wildman–Crippen LogP) is 1.09. The van der Waals surface area contributed by atoms with Gasteiger partial charge in [0.25, 0.3) is 0 Å². The van der Waals surface area contributed by atoms with Crippen LogP contribution in [-0.2, 0) is 4.79 Å². The van der Waals surface area contributed by atoms with Crippen LogP contribution in [-0.4, -0.2) is 22.0 Å². The van der Waals surface area contributed by atoms with E-state index >= 15 is 0 Å². The zero-order valence-electron chi connectivity index (χ0n) is 6.16. The third-order valence-corrected chi connectivity index (χ3v) is 1.99. The molecule has 1 unspecified atom stereocenters. The van der Waals surface area contributed by atoms with Gasteiger partial charge >= 0.3 is 5.97 Å². The summed E-state index contributed by atoms with van der Waals surface area (Å²) in [6.45, 7) is 0. The molecule has 0 spiro atoms. The number of carboxylic acid groups (broad SMARTS) is 1. The Morgan fingerprint density at radius 3 is 2.91 bits per heavy atom. The van der Waals surface area contributed by atoms with E-state index in [1.54, 1.807) is 0 Å². The molecule has 2 N–H and O–H groups in total. The minimum Gasteiger partial charge on any atom is -0.481 e. The molecule has 0 bridgehead atoms. The van der Waals surface area contributed by atoms with E-state index in [0.717, 1.165) is 12.8 Å². The van der Waals surface area contributed by atoms with E-state index in [2.05, 4.69) is 5.16 Å². The summed E-state index contributed by atoms with van der Waals surface area (Å²) in [6, 6.07) is 0. The molecule has 11 heavy (non-hydrogen) atoms. The molecular weight excluding hydrogens is 146 g/mol. The summed E-state index contributed by atoms with van der Waals surface area (Å²) in [5.41, 5.74) is 0.614. The average Bonchev–Trinajstić information content (AvgIpc) is 2.05. The summed E-state index contributed by atoms with van der Waals surface area (Å²) in [5.74, 6) is -1.12. The fraction of sp³-hybridized carbons (Fsp3) is 0.714. The summed E-state index contributed by atoms with van der Waals surface area (Å²) in [4.78, 5) is 10.5. The van der Waals surface area contributed by atoms with Crippen molar-refractivity contribution in [3.05, 3.63) is 0 Å². The highest BCUT2D eigenvalue weighted by atomic mass is 16.4. The van der Waals surface area contributed by atoms with Gasteiger partial charge in [-0.05, 0) is 19.3 Å². The van der Waals surface area contributed by atoms with Crippen molar-refractivity contribution in [2.45, 2.75) is 25.7 Å². The molecule has 1 atom stereocenters. The van der Waals surface area contributed by atoms with Crippen LogP contribution in [0.1, 0.15) is 25.7 Å². The number of carbonyl (C=O) groups is 1. The van der Waals surface area contributed by atoms with Gasteiger partial charge in [-0.2, -0.15) is 0 Å². The van der Waals surface area contributed by atoms with Crippen molar-refractivity contribution >= 4 is 11.7 Å². The average molecular weight is 157 g/mol. The first-order valence-corrected chi connectivity index (χ1v) is 3.66. The molecule has 0 amide bonds. The van der Waals surface area contributed by atoms with Crippen molar-refractivity contribution in [3.63, 3.8) is 0 Å². The topological polar surface area (TPSA) is 69.9 Å². The van der Waals surface area contributed by atoms with Gasteiger partial charge in [-0.25, -0.2) is 0 Å². The van der Waals surface area contributed by atoms with Gasteiger partial charge in [0.1, 0.15) is 0 Å². The number of hydrogen-bond acceptors (Lipinski definition) is 3. The summed E-state index contributed by atoms with van der Waals surface area (Å²) in [7, 11) is 0. The van der Waals surface area contributed by atoms with Crippen LogP contribution >= 0.6 is 0 Å². The van der Waals surface area contributed by atoms with E-state index in [1.165, 1.54) is 0 Å². The van der Waals surface area contributed by atoms with E-state index in [-0.39, 0.29) is 5.92 Å². The van der Waals surface area contributed by atoms with Crippen molar-refractivity contribution in [2.75, 3.05) is 0 Å². The molecule has 0 aromatic carbocycles. The van der Waals surface area contributed by atoms with E-state index in [0.29, 0.717) is 18.6 Å². The second kappa shape index (κ2) is 3.37. The molecule has 0 aliphatic heterocycles. The molecule has 62 valence electrons. The second-order valence-corrected chi connectivity index (χ2v) is 2.80. The number of nitrogens with zero attached hydrogens (tertiary/aromatic N) is 1. The van der Waals surface area contributed by atoms with Crippen molar-refractivity contribution in [1.82, 2.24) is 0 Å². The van der Waals surface area contributed by atoms with Crippen molar-refractivity contribution in [3.8, 4) is 0 Å². The lowest BCUT2D eigenvalue weighted by atomic mass is 9.88. The highest BCUT2D eigenvalue weighted by molar-refractivity contribution is 5.88. The van der Waals surface area contributed by atoms with E-state index in [4.69, 9.17) is 10.3 Å². The SMILES string of the molecule is O=C(O)C1CCC/C(=N/O)C1. The van der Waals surface area contributed by atoms with Gasteiger partial charge in [0.15, 0.2) is 0 Å². The lowest BCUT2D eigenvalue weighted by Gasteiger charge is -2.17. The second-order valence-electron chi connectivity index (χ2n) is 2.80. The van der Waals surface area contributed by atoms with Gasteiger partial charge in [-0.15, -0.1) is 0 Å². The Hall–Kier alpha value is -1.06. The van der Waals surface area contributed by atoms with Crippen LogP contribution in [0.4, 0.5) is 0 Å². The Morgan fingerprint density at radius 1 is 1.64 bits per heavy atom. The number of aliphatic carboxylic acids is 1. The van der Waals surface area contributed by atoms with Crippen LogP contribution in [0.5, 0.6) is 0 Å². The van der Waals surface area contributed by atoms with Gasteiger partial charge in [0, 0.05) is 6.42 Å². The molecule has 1 saturated carbocycles. The Labute approximate surface area is 64.5 Å². The minimum absolute atomic E-state index is 0.338. The highest BCUT2D eigenvalue weighted by Gasteiger charge is 2.23. The minimum atomic E-state index is -0.786. The standard InChI is InChI=1S/C7H11NO3/c9-7(10)5-2-1-3-6(4-5)8-11/h5,11H,1-4H2,(H,9,10)/b8-6-. The summed E-state index contributed by atoms with van der Waals surface area (Å²) in [6.07, 6.45) is 2.66. The highest BCUT2D eigenvalue weighted by Crippen LogP contribution is 2.21. The number of rotatable bonds is 1. The maximum absolute atomic E-state index is 10.5. The zero-order valence-corrected chi connectivity index (χ0v) is 6.16. The van der Waals surface area contributed by atoms with E-state index in [1.807, 2.05) is 0 Å². The molecule has 0 saturated heterocycles. The first-order chi connectivity index (χ1) is 5.24. The number of hydrogen-bond donors (Lipinski definition) is 2. The number of oxime groups is 1. The molecular formula is C7H11NO3. The zero-order chi connectivity index (χ0) is 8.27. The Bertz CT molecular complexity index is 188. The van der Waals surface area contributed by atoms with E-state index in [9.17, 15) is 4.79 Å². The fourth-order valence-electron chi connectivity index (χ4n) is 1.34. The molecule has 0 aromatic heterocycles. The molecule has 1 aliphatic rings. The fourth-order valence-corrected chi connectivity index (χ4v) is 1.34. The van der Waals surface area contributed by atoms with Gasteiger partial charge in [0.2, 0.25) is 0 Å². The number of carboxylic acids is 1. The van der Waals surface area contributed by atoms with Crippen molar-refractivity contribution in [2.24, 2.45) is 11.1 Å². The largest absolute Gasteiger partial charge is 0.481 e. The van der Waals surface area contributed by atoms with Crippen molar-refractivity contribution < 1.29 is 15.1 Å². The molecule has 4 heteroatoms. The predicted molar refractivity (Wildman–Crippen MR) is 38.8 cm³/mol. The Morgan fingerprint density at radius 2 is 2.36 bits per heavy atom. The van der Waals surface area contributed by atoms with Crippen LogP contribution in [0.15, 0.2) is 5.16 Å². The molecule has 1 aliphatic carbocycles. The van der Waals surface area contributed by atoms with Gasteiger partial charge in [0.05, 0.1) is 11.6 Å². The third-order valence-electron chi connectivity index (χ3n) is 1.99. The lowest BCUT2D eigenvalue weighted by molar-refractivity contribution is -0.141. The maximum Gasteiger partial charge on any atom is 0.306 e. The lowest BCUT2D eigenvalue weighted by Crippen LogP contribution is -2.22. The van der Waals surface area contributed by atoms with Crippen LogP contribution < -0.4 is 0 Å². The van der Waals surface area contributed by atoms with E-state index < -0.39 is 5.97 Å². The first kappa shape index (κ1) is 8.04. The monoisotopic (exact) mass is 157 g/mol. The van der Waals surface area contributed by atoms with Crippen LogP contribution in [0.25, 0.3) is 0 Å². The normalized spacial score (nSPS) is 28.7. The molecule has 1 rings (SSSR count). The molecule has 1 fully saturated rings. The molecule has 0 heterocycles. The third kappa shape index (κ3) is 1.93. The maximum atomic E-state index is 10.5. The summed E-state index contributed by atoms with van der Waals surface area (Å²) >= 11 is 0. The van der Waals surface area contributed by atoms with Crippen LogP contribution in [0, 0.1) is 5.92 Å². The quantitative estimate of drug-likeness (QED) is 0.442. The molecule has 0 radical (unpaired) electrons. The van der Waals surface area contributed by atoms with Crippen LogP contribution in [0.2, 0.25) is 0 Å². The Balaban J connectivity index is 2.53. The van der Waals surface area contributed by atoms with Gasteiger partial charge in [-0.3, -0.25) is 4.79 Å². The van der Waals surface area contributed by atoms with Crippen molar-refractivity contribution in [1.29, 1.82) is 0 Å².